The summed E-state index contributed by atoms with van der Waals surface area (Å²) >= 11 is 0. The van der Waals surface area contributed by atoms with Crippen LogP contribution in [0.1, 0.15) is 16.1 Å². The third-order valence-electron chi connectivity index (χ3n) is 4.11. The van der Waals surface area contributed by atoms with Gasteiger partial charge in [0.15, 0.2) is 0 Å². The highest BCUT2D eigenvalue weighted by molar-refractivity contribution is 6.07. The number of nitrogens with zero attached hydrogens (tertiary/aromatic N) is 1. The second kappa shape index (κ2) is 6.80. The predicted octanol–water partition coefficient (Wildman–Crippen LogP) is 4.56. The molecule has 0 unspecified atom stereocenters. The Balaban J connectivity index is 1.77. The van der Waals surface area contributed by atoms with Crippen LogP contribution >= 0.6 is 0 Å². The van der Waals surface area contributed by atoms with E-state index >= 15 is 0 Å². The lowest BCUT2D eigenvalue weighted by Gasteiger charge is -2.10. The van der Waals surface area contributed by atoms with Crippen LogP contribution in [0.2, 0.25) is 0 Å². The molecule has 0 aliphatic carbocycles. The van der Waals surface area contributed by atoms with Crippen molar-refractivity contribution in [3.05, 3.63) is 90.1 Å². The third-order valence-corrected chi connectivity index (χ3v) is 4.11. The highest BCUT2D eigenvalue weighted by atomic mass is 19.1. The second-order valence-corrected chi connectivity index (χ2v) is 5.81. The molecule has 4 rings (SSSR count). The van der Waals surface area contributed by atoms with Crippen molar-refractivity contribution in [2.45, 2.75) is 6.54 Å². The molecule has 128 valence electrons. The summed E-state index contributed by atoms with van der Waals surface area (Å²) in [7, 11) is 0. The first kappa shape index (κ1) is 16.0. The number of carbonyl (C=O) groups is 1. The Labute approximate surface area is 149 Å². The first-order valence-corrected chi connectivity index (χ1v) is 8.17. The Morgan fingerprint density at radius 2 is 1.85 bits per heavy atom. The second-order valence-electron chi connectivity index (χ2n) is 5.81. The quantitative estimate of drug-likeness (QED) is 0.589. The maximum Gasteiger partial charge on any atom is 0.252 e. The van der Waals surface area contributed by atoms with Gasteiger partial charge in [0.05, 0.1) is 29.6 Å². The first-order chi connectivity index (χ1) is 12.7. The first-order valence-electron chi connectivity index (χ1n) is 8.17. The van der Waals surface area contributed by atoms with E-state index in [1.807, 2.05) is 24.3 Å². The number of furan rings is 1. The van der Waals surface area contributed by atoms with Crippen molar-refractivity contribution in [3.8, 4) is 11.3 Å². The van der Waals surface area contributed by atoms with Gasteiger partial charge in [-0.3, -0.25) is 4.79 Å². The number of fused-ring (bicyclic) bond motifs is 1. The predicted molar refractivity (Wildman–Crippen MR) is 97.0 cm³/mol. The summed E-state index contributed by atoms with van der Waals surface area (Å²) in [6.07, 6.45) is 1.56. The highest BCUT2D eigenvalue weighted by Crippen LogP contribution is 2.26. The van der Waals surface area contributed by atoms with E-state index in [0.717, 1.165) is 0 Å². The van der Waals surface area contributed by atoms with Crippen LogP contribution < -0.4 is 5.32 Å². The van der Waals surface area contributed by atoms with Gasteiger partial charge in [0.1, 0.15) is 11.6 Å². The molecule has 0 aliphatic heterocycles. The summed E-state index contributed by atoms with van der Waals surface area (Å²) in [5.74, 6) is 0.0147. The standard InChI is InChI=1S/C21H15FN2O2/c22-18-9-3-1-8-16(18)20-12-17(15-7-2-4-10-19(15)24-20)21(25)23-13-14-6-5-11-26-14/h1-12H,13H2,(H,23,25). The van der Waals surface area contributed by atoms with Gasteiger partial charge in [0.25, 0.3) is 5.91 Å². The average molecular weight is 346 g/mol. The molecule has 0 spiro atoms. The fraction of sp³-hybridized carbons (Fsp3) is 0.0476. The molecule has 1 amide bonds. The van der Waals surface area contributed by atoms with Gasteiger partial charge in [-0.15, -0.1) is 0 Å². The Morgan fingerprint density at radius 3 is 2.65 bits per heavy atom. The topological polar surface area (TPSA) is 55.1 Å². The van der Waals surface area contributed by atoms with Gasteiger partial charge in [-0.05, 0) is 36.4 Å². The largest absolute Gasteiger partial charge is 0.467 e. The molecule has 0 saturated carbocycles. The summed E-state index contributed by atoms with van der Waals surface area (Å²) in [6, 6.07) is 18.9. The van der Waals surface area contributed by atoms with Gasteiger partial charge in [0.2, 0.25) is 0 Å². The van der Waals surface area contributed by atoms with Gasteiger partial charge in [-0.25, -0.2) is 9.37 Å². The van der Waals surface area contributed by atoms with Crippen molar-refractivity contribution < 1.29 is 13.6 Å². The number of pyridine rings is 1. The molecule has 0 radical (unpaired) electrons. The highest BCUT2D eigenvalue weighted by Gasteiger charge is 2.15. The molecule has 0 atom stereocenters. The third kappa shape index (κ3) is 3.07. The van der Waals surface area contributed by atoms with Crippen molar-refractivity contribution in [1.29, 1.82) is 0 Å². The van der Waals surface area contributed by atoms with Gasteiger partial charge in [0, 0.05) is 10.9 Å². The smallest absolute Gasteiger partial charge is 0.252 e. The number of hydrogen-bond donors (Lipinski definition) is 1. The number of hydrogen-bond acceptors (Lipinski definition) is 3. The normalized spacial score (nSPS) is 10.8. The molecule has 4 nitrogen and oxygen atoms in total. The Bertz CT molecular complexity index is 1070. The van der Waals surface area contributed by atoms with Gasteiger partial charge < -0.3 is 9.73 Å². The Kier molecular flexibility index (Phi) is 4.19. The zero-order chi connectivity index (χ0) is 17.9. The molecule has 2 aromatic heterocycles. The minimum atomic E-state index is -0.378. The molecule has 26 heavy (non-hydrogen) atoms. The van der Waals surface area contributed by atoms with Crippen LogP contribution in [0.4, 0.5) is 4.39 Å². The lowest BCUT2D eigenvalue weighted by atomic mass is 10.0. The maximum atomic E-state index is 14.2. The number of amides is 1. The number of nitrogens with one attached hydrogen (secondary N) is 1. The SMILES string of the molecule is O=C(NCc1ccco1)c1cc(-c2ccccc2F)nc2ccccc12. The maximum absolute atomic E-state index is 14.2. The Morgan fingerprint density at radius 1 is 1.04 bits per heavy atom. The number of halogens is 1. The van der Waals surface area contributed by atoms with Crippen LogP contribution in [0.5, 0.6) is 0 Å². The molecular weight excluding hydrogens is 331 g/mol. The monoisotopic (exact) mass is 346 g/mol. The summed E-state index contributed by atoms with van der Waals surface area (Å²) in [5, 5.41) is 3.55. The number of benzene rings is 2. The van der Waals surface area contributed by atoms with E-state index in [9.17, 15) is 9.18 Å². The van der Waals surface area contributed by atoms with Gasteiger partial charge in [-0.2, -0.15) is 0 Å². The van der Waals surface area contributed by atoms with E-state index in [2.05, 4.69) is 10.3 Å². The van der Waals surface area contributed by atoms with Gasteiger partial charge in [-0.1, -0.05) is 30.3 Å². The van der Waals surface area contributed by atoms with E-state index < -0.39 is 0 Å². The molecule has 0 bridgehead atoms. The fourth-order valence-electron chi connectivity index (χ4n) is 2.85. The lowest BCUT2D eigenvalue weighted by molar-refractivity contribution is 0.0949. The van der Waals surface area contributed by atoms with E-state index in [1.54, 1.807) is 42.7 Å². The van der Waals surface area contributed by atoms with Crippen molar-refractivity contribution >= 4 is 16.8 Å². The molecule has 1 N–H and O–H groups in total. The number of para-hydroxylation sites is 1. The molecular formula is C21H15FN2O2. The summed E-state index contributed by atoms with van der Waals surface area (Å²) < 4.78 is 19.4. The molecule has 2 heterocycles. The van der Waals surface area contributed by atoms with E-state index in [4.69, 9.17) is 4.42 Å². The minimum Gasteiger partial charge on any atom is -0.467 e. The molecule has 2 aromatic carbocycles. The van der Waals surface area contributed by atoms with Crippen LogP contribution in [0.25, 0.3) is 22.2 Å². The van der Waals surface area contributed by atoms with Gasteiger partial charge >= 0.3 is 0 Å². The summed E-state index contributed by atoms with van der Waals surface area (Å²) in [4.78, 5) is 17.3. The molecule has 4 aromatic rings. The zero-order valence-electron chi connectivity index (χ0n) is 13.8. The molecule has 5 heteroatoms. The minimum absolute atomic E-state index is 0.266. The van der Waals surface area contributed by atoms with Crippen molar-refractivity contribution in [1.82, 2.24) is 10.3 Å². The van der Waals surface area contributed by atoms with E-state index in [1.165, 1.54) is 6.07 Å². The van der Waals surface area contributed by atoms with Crippen LogP contribution in [-0.2, 0) is 6.54 Å². The summed E-state index contributed by atoms with van der Waals surface area (Å²) in [6.45, 7) is 0.275. The van der Waals surface area contributed by atoms with Crippen molar-refractivity contribution in [3.63, 3.8) is 0 Å². The molecule has 0 saturated heterocycles. The summed E-state index contributed by atoms with van der Waals surface area (Å²) in [5.41, 5.74) is 1.86. The molecule has 0 fully saturated rings. The van der Waals surface area contributed by atoms with Crippen LogP contribution in [0.15, 0.2) is 77.4 Å². The van der Waals surface area contributed by atoms with Crippen molar-refractivity contribution in [2.24, 2.45) is 0 Å². The fourth-order valence-corrected chi connectivity index (χ4v) is 2.85. The van der Waals surface area contributed by atoms with Crippen LogP contribution in [0.3, 0.4) is 0 Å². The number of carbonyl (C=O) groups excluding carboxylic acids is 1. The Hall–Kier alpha value is -3.47. The van der Waals surface area contributed by atoms with E-state index in [-0.39, 0.29) is 18.3 Å². The average Bonchev–Trinajstić information content (AvgIpc) is 3.19. The van der Waals surface area contributed by atoms with E-state index in [0.29, 0.717) is 33.5 Å². The van der Waals surface area contributed by atoms with Crippen molar-refractivity contribution in [2.75, 3.05) is 0 Å². The number of rotatable bonds is 4. The zero-order valence-corrected chi connectivity index (χ0v) is 13.8. The number of aromatic nitrogens is 1. The van der Waals surface area contributed by atoms with Crippen LogP contribution in [0, 0.1) is 5.82 Å². The molecule has 0 aliphatic rings. The van der Waals surface area contributed by atoms with Crippen LogP contribution in [-0.4, -0.2) is 10.9 Å². The lowest BCUT2D eigenvalue weighted by Crippen LogP contribution is -2.23.